The number of aliphatic carboxylic acids is 1. The predicted octanol–water partition coefficient (Wildman–Crippen LogP) is 3.67. The van der Waals surface area contributed by atoms with E-state index in [1.165, 1.54) is 16.7 Å². The smallest absolute Gasteiger partial charge is 0.335 e. The van der Waals surface area contributed by atoms with E-state index < -0.39 is 5.97 Å². The molecule has 6 rings (SSSR count). The van der Waals surface area contributed by atoms with Crippen LogP contribution in [-0.2, 0) is 30.5 Å². The first-order valence-corrected chi connectivity index (χ1v) is 7.25. The number of hydrogen-bond donors (Lipinski definition) is 1. The van der Waals surface area contributed by atoms with Crippen LogP contribution in [0.1, 0.15) is 27.8 Å². The highest BCUT2D eigenvalue weighted by Crippen LogP contribution is 2.24. The number of hydrogen-bond acceptors (Lipinski definition) is 1. The first-order chi connectivity index (χ1) is 10.1. The van der Waals surface area contributed by atoms with Gasteiger partial charge in [-0.2, -0.15) is 0 Å². The number of carbonyl (C=O) groups is 1. The monoisotopic (exact) mass is 278 g/mol. The summed E-state index contributed by atoms with van der Waals surface area (Å²) in [6.07, 6.45) is 3.64. The Morgan fingerprint density at radius 2 is 1.38 bits per heavy atom. The van der Waals surface area contributed by atoms with Gasteiger partial charge in [-0.05, 0) is 53.5 Å². The van der Waals surface area contributed by atoms with Gasteiger partial charge in [-0.1, -0.05) is 49.0 Å². The normalized spacial score (nSPS) is 13.5. The summed E-state index contributed by atoms with van der Waals surface area (Å²) in [7, 11) is 0. The van der Waals surface area contributed by atoms with Gasteiger partial charge in [0.05, 0.1) is 5.57 Å². The standard InChI is InChI=1S/C19H18O2/c1-13(19(20)21)18-12-16-7-6-14-2-4-15(5-3-14)8-10-17(18)11-9-16/h2-5,9,11-12H,1,6-8,10H2,(H,20,21). The molecule has 0 unspecified atom stereocenters. The van der Waals surface area contributed by atoms with E-state index in [9.17, 15) is 9.90 Å². The fourth-order valence-electron chi connectivity index (χ4n) is 2.83. The first-order valence-electron chi connectivity index (χ1n) is 7.25. The first kappa shape index (κ1) is 13.6. The fourth-order valence-corrected chi connectivity index (χ4v) is 2.83. The summed E-state index contributed by atoms with van der Waals surface area (Å²) in [6.45, 7) is 3.74. The van der Waals surface area contributed by atoms with Crippen molar-refractivity contribution in [1.82, 2.24) is 0 Å². The van der Waals surface area contributed by atoms with Gasteiger partial charge in [0, 0.05) is 0 Å². The maximum Gasteiger partial charge on any atom is 0.335 e. The summed E-state index contributed by atoms with van der Waals surface area (Å²) in [5.74, 6) is -0.941. The highest BCUT2D eigenvalue weighted by Gasteiger charge is 2.14. The molecule has 2 heteroatoms. The van der Waals surface area contributed by atoms with Crippen LogP contribution in [-0.4, -0.2) is 11.1 Å². The highest BCUT2D eigenvalue weighted by molar-refractivity contribution is 6.14. The number of rotatable bonds is 2. The van der Waals surface area contributed by atoms with Crippen LogP contribution in [0, 0.1) is 0 Å². The SMILES string of the molecule is C=C(C(=O)O)c1cc2ccc1CCc1ccc(cc1)CC2. The number of benzene rings is 2. The molecule has 0 heterocycles. The average Bonchev–Trinajstić information content (AvgIpc) is 2.49. The molecule has 2 aromatic rings. The van der Waals surface area contributed by atoms with Crippen LogP contribution in [0.15, 0.2) is 49.0 Å². The molecule has 2 aromatic carbocycles. The van der Waals surface area contributed by atoms with Gasteiger partial charge in [0.25, 0.3) is 0 Å². The Morgan fingerprint density at radius 3 is 2.00 bits per heavy atom. The van der Waals surface area contributed by atoms with Crippen molar-refractivity contribution in [3.05, 3.63) is 76.9 Å². The zero-order valence-corrected chi connectivity index (χ0v) is 11.9. The Balaban J connectivity index is 2.03. The van der Waals surface area contributed by atoms with Gasteiger partial charge >= 0.3 is 5.97 Å². The third kappa shape index (κ3) is 2.89. The molecule has 0 aliphatic heterocycles. The van der Waals surface area contributed by atoms with Gasteiger partial charge < -0.3 is 5.11 Å². The molecule has 0 atom stereocenters. The minimum atomic E-state index is -0.941. The third-order valence-electron chi connectivity index (χ3n) is 4.17. The van der Waals surface area contributed by atoms with E-state index in [0.717, 1.165) is 36.8 Å². The largest absolute Gasteiger partial charge is 0.478 e. The maximum absolute atomic E-state index is 11.3. The van der Waals surface area contributed by atoms with Crippen molar-refractivity contribution in [3.63, 3.8) is 0 Å². The summed E-state index contributed by atoms with van der Waals surface area (Å²) in [4.78, 5) is 11.3. The average molecular weight is 278 g/mol. The van der Waals surface area contributed by atoms with Crippen LogP contribution < -0.4 is 0 Å². The lowest BCUT2D eigenvalue weighted by atomic mass is 9.91. The maximum atomic E-state index is 11.3. The molecule has 4 aliphatic carbocycles. The van der Waals surface area contributed by atoms with Gasteiger partial charge in [0.2, 0.25) is 0 Å². The van der Waals surface area contributed by atoms with Crippen molar-refractivity contribution < 1.29 is 9.90 Å². The summed E-state index contributed by atoms with van der Waals surface area (Å²) < 4.78 is 0. The third-order valence-corrected chi connectivity index (χ3v) is 4.17. The molecule has 4 bridgehead atoms. The molecule has 0 saturated heterocycles. The van der Waals surface area contributed by atoms with Crippen molar-refractivity contribution >= 4 is 11.5 Å². The Hall–Kier alpha value is -2.35. The summed E-state index contributed by atoms with van der Waals surface area (Å²) in [5.41, 5.74) is 5.82. The Labute approximate surface area is 124 Å². The lowest BCUT2D eigenvalue weighted by molar-refractivity contribution is -0.130. The second-order valence-corrected chi connectivity index (χ2v) is 5.59. The van der Waals surface area contributed by atoms with Crippen molar-refractivity contribution in [2.45, 2.75) is 25.7 Å². The second kappa shape index (κ2) is 5.57. The fraction of sp³-hybridized carbons (Fsp3) is 0.211. The van der Waals surface area contributed by atoms with E-state index in [1.807, 2.05) is 6.07 Å². The molecule has 4 aliphatic rings. The summed E-state index contributed by atoms with van der Waals surface area (Å²) in [5, 5.41) is 9.24. The molecule has 0 aromatic heterocycles. The molecule has 0 amide bonds. The number of carboxylic acids is 1. The summed E-state index contributed by atoms with van der Waals surface area (Å²) >= 11 is 0. The van der Waals surface area contributed by atoms with E-state index >= 15 is 0 Å². The predicted molar refractivity (Wildman–Crippen MR) is 84.4 cm³/mol. The van der Waals surface area contributed by atoms with Gasteiger partial charge in [-0.3, -0.25) is 0 Å². The highest BCUT2D eigenvalue weighted by atomic mass is 16.4. The quantitative estimate of drug-likeness (QED) is 0.851. The minimum Gasteiger partial charge on any atom is -0.478 e. The second-order valence-electron chi connectivity index (χ2n) is 5.59. The molecule has 0 radical (unpaired) electrons. The van der Waals surface area contributed by atoms with Crippen molar-refractivity contribution in [3.8, 4) is 0 Å². The van der Waals surface area contributed by atoms with Gasteiger partial charge in [-0.15, -0.1) is 0 Å². The molecule has 1 N–H and O–H groups in total. The summed E-state index contributed by atoms with van der Waals surface area (Å²) in [6, 6.07) is 14.9. The van der Waals surface area contributed by atoms with Crippen LogP contribution in [0.4, 0.5) is 0 Å². The molecule has 0 spiro atoms. The van der Waals surface area contributed by atoms with Gasteiger partial charge in [-0.25, -0.2) is 4.79 Å². The van der Waals surface area contributed by atoms with Gasteiger partial charge in [0.1, 0.15) is 0 Å². The van der Waals surface area contributed by atoms with Crippen LogP contribution in [0.2, 0.25) is 0 Å². The molecule has 0 saturated carbocycles. The van der Waals surface area contributed by atoms with Crippen molar-refractivity contribution in [1.29, 1.82) is 0 Å². The minimum absolute atomic E-state index is 0.192. The molecule has 0 fully saturated rings. The number of aryl methyl sites for hydroxylation is 4. The molecular weight excluding hydrogens is 260 g/mol. The molecule has 21 heavy (non-hydrogen) atoms. The van der Waals surface area contributed by atoms with Crippen LogP contribution in [0.25, 0.3) is 5.57 Å². The van der Waals surface area contributed by atoms with Crippen molar-refractivity contribution in [2.24, 2.45) is 0 Å². The van der Waals surface area contributed by atoms with Crippen LogP contribution in [0.5, 0.6) is 0 Å². The number of carboxylic acid groups (broad SMARTS) is 1. The lowest BCUT2D eigenvalue weighted by Crippen LogP contribution is -2.05. The zero-order chi connectivity index (χ0) is 14.8. The van der Waals surface area contributed by atoms with E-state index in [4.69, 9.17) is 0 Å². The topological polar surface area (TPSA) is 37.3 Å². The van der Waals surface area contributed by atoms with E-state index in [1.54, 1.807) is 0 Å². The Bertz CT molecular complexity index is 696. The van der Waals surface area contributed by atoms with Crippen molar-refractivity contribution in [2.75, 3.05) is 0 Å². The lowest BCUT2D eigenvalue weighted by Gasteiger charge is -2.14. The molecular formula is C19H18O2. The Kier molecular flexibility index (Phi) is 3.61. The molecule has 106 valence electrons. The van der Waals surface area contributed by atoms with E-state index in [0.29, 0.717) is 0 Å². The van der Waals surface area contributed by atoms with E-state index in [2.05, 4.69) is 43.0 Å². The van der Waals surface area contributed by atoms with Crippen LogP contribution >= 0.6 is 0 Å². The van der Waals surface area contributed by atoms with E-state index in [-0.39, 0.29) is 5.57 Å². The zero-order valence-electron chi connectivity index (χ0n) is 11.9. The Morgan fingerprint density at radius 1 is 0.857 bits per heavy atom. The molecule has 2 nitrogen and oxygen atoms in total. The van der Waals surface area contributed by atoms with Crippen LogP contribution in [0.3, 0.4) is 0 Å². The van der Waals surface area contributed by atoms with Gasteiger partial charge in [0.15, 0.2) is 0 Å².